The van der Waals surface area contributed by atoms with Crippen molar-refractivity contribution in [2.75, 3.05) is 26.2 Å². The van der Waals surface area contributed by atoms with E-state index in [4.69, 9.17) is 0 Å². The first kappa shape index (κ1) is 16.0. The van der Waals surface area contributed by atoms with Gasteiger partial charge in [-0.1, -0.05) is 27.2 Å². The second kappa shape index (κ2) is 9.80. The second-order valence-electron chi connectivity index (χ2n) is 5.85. The van der Waals surface area contributed by atoms with Crippen molar-refractivity contribution in [3.8, 4) is 0 Å². The van der Waals surface area contributed by atoms with E-state index in [-0.39, 0.29) is 0 Å². The molecule has 0 spiro atoms. The minimum Gasteiger partial charge on any atom is -0.314 e. The summed E-state index contributed by atoms with van der Waals surface area (Å²) >= 11 is 0. The lowest BCUT2D eigenvalue weighted by atomic mass is 9.98. The molecule has 0 radical (unpaired) electrons. The van der Waals surface area contributed by atoms with E-state index in [1.54, 1.807) is 0 Å². The highest BCUT2D eigenvalue weighted by molar-refractivity contribution is 4.71. The van der Waals surface area contributed by atoms with E-state index in [9.17, 15) is 0 Å². The summed E-state index contributed by atoms with van der Waals surface area (Å²) in [7, 11) is 0. The Balaban J connectivity index is 2.14. The van der Waals surface area contributed by atoms with Crippen LogP contribution in [0.5, 0.6) is 0 Å². The van der Waals surface area contributed by atoms with Gasteiger partial charge in [0.1, 0.15) is 0 Å². The summed E-state index contributed by atoms with van der Waals surface area (Å²) in [5.74, 6) is 1.00. The molecule has 0 aromatic rings. The lowest BCUT2D eigenvalue weighted by Crippen LogP contribution is -2.31. The van der Waals surface area contributed by atoms with Crippen LogP contribution in [-0.4, -0.2) is 37.1 Å². The van der Waals surface area contributed by atoms with Crippen molar-refractivity contribution in [1.82, 2.24) is 10.2 Å². The van der Waals surface area contributed by atoms with Crippen LogP contribution in [0.4, 0.5) is 0 Å². The van der Waals surface area contributed by atoms with Crippen LogP contribution < -0.4 is 5.32 Å². The molecule has 0 bridgehead atoms. The Kier molecular flexibility index (Phi) is 8.70. The van der Waals surface area contributed by atoms with E-state index < -0.39 is 0 Å². The maximum absolute atomic E-state index is 3.58. The first-order valence-electron chi connectivity index (χ1n) is 8.25. The minimum atomic E-state index is 0.741. The average molecular weight is 254 g/mol. The van der Waals surface area contributed by atoms with Gasteiger partial charge in [0.15, 0.2) is 0 Å². The zero-order chi connectivity index (χ0) is 13.2. The summed E-state index contributed by atoms with van der Waals surface area (Å²) in [5.41, 5.74) is 0. The fraction of sp³-hybridized carbons (Fsp3) is 1.00. The number of hydrogen-bond donors (Lipinski definition) is 1. The van der Waals surface area contributed by atoms with Crippen LogP contribution in [0.15, 0.2) is 0 Å². The van der Waals surface area contributed by atoms with E-state index in [0.29, 0.717) is 0 Å². The Morgan fingerprint density at radius 2 is 2.00 bits per heavy atom. The molecule has 2 atom stereocenters. The van der Waals surface area contributed by atoms with Gasteiger partial charge in [-0.2, -0.15) is 0 Å². The van der Waals surface area contributed by atoms with Crippen molar-refractivity contribution in [3.05, 3.63) is 0 Å². The molecule has 0 aromatic carbocycles. The smallest absolute Gasteiger partial charge is 0.00647 e. The van der Waals surface area contributed by atoms with Gasteiger partial charge in [-0.05, 0) is 70.6 Å². The fourth-order valence-corrected chi connectivity index (χ4v) is 3.16. The van der Waals surface area contributed by atoms with Gasteiger partial charge in [0.05, 0.1) is 0 Å². The molecule has 108 valence electrons. The zero-order valence-electron chi connectivity index (χ0n) is 12.9. The summed E-state index contributed by atoms with van der Waals surface area (Å²) in [5, 5.41) is 3.58. The lowest BCUT2D eigenvalue weighted by Gasteiger charge is -2.22. The number of nitrogens with one attached hydrogen (secondary N) is 1. The SMILES string of the molecule is CCNC(CC)CCCN1CCCC(CC)CC1. The zero-order valence-corrected chi connectivity index (χ0v) is 12.9. The fourth-order valence-electron chi connectivity index (χ4n) is 3.16. The lowest BCUT2D eigenvalue weighted by molar-refractivity contribution is 0.268. The Morgan fingerprint density at radius 1 is 1.17 bits per heavy atom. The molecule has 1 rings (SSSR count). The van der Waals surface area contributed by atoms with Crippen molar-refractivity contribution in [2.24, 2.45) is 5.92 Å². The van der Waals surface area contributed by atoms with E-state index in [1.807, 2.05) is 0 Å². The molecule has 0 amide bonds. The molecule has 0 aliphatic carbocycles. The topological polar surface area (TPSA) is 15.3 Å². The molecular weight excluding hydrogens is 220 g/mol. The third kappa shape index (κ3) is 6.19. The van der Waals surface area contributed by atoms with Crippen LogP contribution in [0.25, 0.3) is 0 Å². The van der Waals surface area contributed by atoms with Gasteiger partial charge in [0, 0.05) is 6.04 Å². The van der Waals surface area contributed by atoms with Gasteiger partial charge in [-0.3, -0.25) is 0 Å². The molecule has 1 heterocycles. The minimum absolute atomic E-state index is 0.741. The molecule has 2 unspecified atom stereocenters. The highest BCUT2D eigenvalue weighted by Gasteiger charge is 2.15. The molecule has 1 N–H and O–H groups in total. The highest BCUT2D eigenvalue weighted by atomic mass is 15.1. The Morgan fingerprint density at radius 3 is 2.67 bits per heavy atom. The van der Waals surface area contributed by atoms with Crippen LogP contribution in [0.2, 0.25) is 0 Å². The van der Waals surface area contributed by atoms with Crippen molar-refractivity contribution in [1.29, 1.82) is 0 Å². The van der Waals surface area contributed by atoms with Crippen molar-refractivity contribution in [2.45, 2.75) is 71.8 Å². The van der Waals surface area contributed by atoms with Crippen molar-refractivity contribution >= 4 is 0 Å². The normalized spacial score (nSPS) is 23.8. The summed E-state index contributed by atoms with van der Waals surface area (Å²) in [6, 6.07) is 0.741. The molecular formula is C16H34N2. The van der Waals surface area contributed by atoms with E-state index in [0.717, 1.165) is 18.5 Å². The van der Waals surface area contributed by atoms with E-state index in [2.05, 4.69) is 31.0 Å². The van der Waals surface area contributed by atoms with Gasteiger partial charge >= 0.3 is 0 Å². The Hall–Kier alpha value is -0.0800. The predicted octanol–water partition coefficient (Wildman–Crippen LogP) is 3.67. The Bertz CT molecular complexity index is 194. The number of hydrogen-bond acceptors (Lipinski definition) is 2. The van der Waals surface area contributed by atoms with Crippen LogP contribution in [-0.2, 0) is 0 Å². The standard InChI is InChI=1S/C16H34N2/c1-4-15-9-7-12-18(14-11-15)13-8-10-16(5-2)17-6-3/h15-17H,4-14H2,1-3H3. The average Bonchev–Trinajstić information content (AvgIpc) is 2.63. The van der Waals surface area contributed by atoms with Crippen molar-refractivity contribution in [3.63, 3.8) is 0 Å². The molecule has 1 aliphatic heterocycles. The van der Waals surface area contributed by atoms with Crippen LogP contribution >= 0.6 is 0 Å². The third-order valence-electron chi connectivity index (χ3n) is 4.53. The summed E-state index contributed by atoms with van der Waals surface area (Å²) in [6.07, 6.45) is 9.67. The van der Waals surface area contributed by atoms with Crippen LogP contribution in [0.1, 0.15) is 65.7 Å². The second-order valence-corrected chi connectivity index (χ2v) is 5.85. The molecule has 2 heteroatoms. The monoisotopic (exact) mass is 254 g/mol. The third-order valence-corrected chi connectivity index (χ3v) is 4.53. The Labute approximate surface area is 115 Å². The maximum atomic E-state index is 3.58. The first-order chi connectivity index (χ1) is 8.80. The van der Waals surface area contributed by atoms with Gasteiger partial charge < -0.3 is 10.2 Å². The largest absolute Gasteiger partial charge is 0.314 e. The molecule has 1 fully saturated rings. The molecule has 0 saturated carbocycles. The number of rotatable bonds is 8. The molecule has 18 heavy (non-hydrogen) atoms. The van der Waals surface area contributed by atoms with Crippen LogP contribution in [0.3, 0.4) is 0 Å². The highest BCUT2D eigenvalue weighted by Crippen LogP contribution is 2.20. The van der Waals surface area contributed by atoms with Gasteiger partial charge in [-0.25, -0.2) is 0 Å². The van der Waals surface area contributed by atoms with Crippen LogP contribution in [0, 0.1) is 5.92 Å². The maximum Gasteiger partial charge on any atom is 0.00647 e. The molecule has 1 saturated heterocycles. The molecule has 1 aliphatic rings. The molecule has 2 nitrogen and oxygen atoms in total. The number of likely N-dealkylation sites (tertiary alicyclic amines) is 1. The summed E-state index contributed by atoms with van der Waals surface area (Å²) < 4.78 is 0. The molecule has 0 aromatic heterocycles. The summed E-state index contributed by atoms with van der Waals surface area (Å²) in [4.78, 5) is 2.70. The van der Waals surface area contributed by atoms with Gasteiger partial charge in [-0.15, -0.1) is 0 Å². The van der Waals surface area contributed by atoms with E-state index in [1.165, 1.54) is 64.6 Å². The quantitative estimate of drug-likeness (QED) is 0.711. The predicted molar refractivity (Wildman–Crippen MR) is 81.1 cm³/mol. The number of nitrogens with zero attached hydrogens (tertiary/aromatic N) is 1. The van der Waals surface area contributed by atoms with Gasteiger partial charge in [0.2, 0.25) is 0 Å². The summed E-state index contributed by atoms with van der Waals surface area (Å²) in [6.45, 7) is 12.0. The van der Waals surface area contributed by atoms with Gasteiger partial charge in [0.25, 0.3) is 0 Å². The first-order valence-corrected chi connectivity index (χ1v) is 8.25. The van der Waals surface area contributed by atoms with E-state index >= 15 is 0 Å². The van der Waals surface area contributed by atoms with Crippen molar-refractivity contribution < 1.29 is 0 Å².